The van der Waals surface area contributed by atoms with Gasteiger partial charge in [0.15, 0.2) is 6.61 Å². The van der Waals surface area contributed by atoms with E-state index in [1.807, 2.05) is 32.0 Å². The number of benzene rings is 2. The molecule has 0 radical (unpaired) electrons. The number of aryl methyl sites for hydroxylation is 2. The van der Waals surface area contributed by atoms with E-state index in [9.17, 15) is 14.4 Å². The Hall–Kier alpha value is -2.38. The number of hydrogen-bond donors (Lipinski definition) is 1. The van der Waals surface area contributed by atoms with Crippen LogP contribution >= 0.6 is 27.5 Å². The van der Waals surface area contributed by atoms with Crippen LogP contribution in [0.5, 0.6) is 0 Å². The number of amides is 2. The van der Waals surface area contributed by atoms with E-state index in [1.165, 1.54) is 0 Å². The van der Waals surface area contributed by atoms with Crippen molar-refractivity contribution in [3.8, 4) is 0 Å². The standard InChI is InChI=1S/C21H20BrClN2O4/c1-12-4-3-5-13(2)20(12)25-10-14(8-19(25)27)21(28)29-11-18(26)24-15-6-7-16(22)17(23)9-15/h3-7,9,14H,8,10-11H2,1-2H3,(H,24,26)/t14-/m0/s1. The van der Waals surface area contributed by atoms with Crippen molar-refractivity contribution in [3.63, 3.8) is 0 Å². The minimum atomic E-state index is -0.601. The normalized spacial score (nSPS) is 16.1. The van der Waals surface area contributed by atoms with Crippen LogP contribution in [0.2, 0.25) is 5.02 Å². The number of rotatable bonds is 5. The molecule has 29 heavy (non-hydrogen) atoms. The summed E-state index contributed by atoms with van der Waals surface area (Å²) in [5.41, 5.74) is 3.27. The van der Waals surface area contributed by atoms with E-state index in [2.05, 4.69) is 21.2 Å². The van der Waals surface area contributed by atoms with E-state index in [0.29, 0.717) is 15.2 Å². The second-order valence-electron chi connectivity index (χ2n) is 6.93. The lowest BCUT2D eigenvalue weighted by Crippen LogP contribution is -2.29. The molecule has 1 aliphatic rings. The van der Waals surface area contributed by atoms with E-state index < -0.39 is 24.4 Å². The average molecular weight is 480 g/mol. The Bertz CT molecular complexity index is 959. The molecule has 1 N–H and O–H groups in total. The minimum Gasteiger partial charge on any atom is -0.455 e. The van der Waals surface area contributed by atoms with Gasteiger partial charge in [-0.2, -0.15) is 0 Å². The van der Waals surface area contributed by atoms with Gasteiger partial charge < -0.3 is 15.0 Å². The van der Waals surface area contributed by atoms with Crippen molar-refractivity contribution >= 4 is 56.7 Å². The number of carbonyl (C=O) groups is 3. The molecule has 0 spiro atoms. The highest BCUT2D eigenvalue weighted by atomic mass is 79.9. The molecule has 1 atom stereocenters. The van der Waals surface area contributed by atoms with Crippen molar-refractivity contribution in [2.24, 2.45) is 5.92 Å². The number of hydrogen-bond acceptors (Lipinski definition) is 4. The second-order valence-corrected chi connectivity index (χ2v) is 8.19. The summed E-state index contributed by atoms with van der Waals surface area (Å²) in [5, 5.41) is 3.07. The van der Waals surface area contributed by atoms with Crippen LogP contribution in [0.4, 0.5) is 11.4 Å². The first kappa shape index (κ1) is 21.3. The van der Waals surface area contributed by atoms with Crippen molar-refractivity contribution in [1.29, 1.82) is 0 Å². The van der Waals surface area contributed by atoms with Crippen LogP contribution in [-0.4, -0.2) is 30.9 Å². The zero-order valence-electron chi connectivity index (χ0n) is 16.0. The molecular weight excluding hydrogens is 460 g/mol. The molecule has 1 fully saturated rings. The van der Waals surface area contributed by atoms with Crippen molar-refractivity contribution < 1.29 is 19.1 Å². The van der Waals surface area contributed by atoms with E-state index in [4.69, 9.17) is 16.3 Å². The van der Waals surface area contributed by atoms with E-state index in [0.717, 1.165) is 16.8 Å². The van der Waals surface area contributed by atoms with Gasteiger partial charge in [-0.15, -0.1) is 0 Å². The van der Waals surface area contributed by atoms with Gasteiger partial charge in [0.25, 0.3) is 5.91 Å². The lowest BCUT2D eigenvalue weighted by molar-refractivity contribution is -0.151. The predicted molar refractivity (Wildman–Crippen MR) is 115 cm³/mol. The molecule has 1 heterocycles. The third kappa shape index (κ3) is 4.97. The first-order chi connectivity index (χ1) is 13.8. The Morgan fingerprint density at radius 2 is 1.93 bits per heavy atom. The first-order valence-electron chi connectivity index (χ1n) is 9.04. The molecule has 2 aromatic carbocycles. The lowest BCUT2D eigenvalue weighted by Gasteiger charge is -2.21. The zero-order valence-corrected chi connectivity index (χ0v) is 18.3. The first-order valence-corrected chi connectivity index (χ1v) is 10.2. The number of para-hydroxylation sites is 1. The SMILES string of the molecule is Cc1cccc(C)c1N1C[C@@H](C(=O)OCC(=O)Nc2ccc(Br)c(Cl)c2)CC1=O. The smallest absolute Gasteiger partial charge is 0.311 e. The molecular formula is C21H20BrClN2O4. The fourth-order valence-corrected chi connectivity index (χ4v) is 3.77. The summed E-state index contributed by atoms with van der Waals surface area (Å²) in [4.78, 5) is 38.5. The largest absolute Gasteiger partial charge is 0.455 e. The highest BCUT2D eigenvalue weighted by molar-refractivity contribution is 9.10. The monoisotopic (exact) mass is 478 g/mol. The average Bonchev–Trinajstić information content (AvgIpc) is 3.04. The Labute approximate surface area is 182 Å². The van der Waals surface area contributed by atoms with Crippen LogP contribution in [0.3, 0.4) is 0 Å². The van der Waals surface area contributed by atoms with Crippen LogP contribution in [-0.2, 0) is 19.1 Å². The third-order valence-corrected chi connectivity index (χ3v) is 5.95. The quantitative estimate of drug-likeness (QED) is 0.651. The maximum atomic E-state index is 12.5. The Kier molecular flexibility index (Phi) is 6.59. The van der Waals surface area contributed by atoms with E-state index in [-0.39, 0.29) is 18.9 Å². The molecule has 6 nitrogen and oxygen atoms in total. The number of nitrogens with one attached hydrogen (secondary N) is 1. The minimum absolute atomic E-state index is 0.0660. The van der Waals surface area contributed by atoms with Gasteiger partial charge in [0.2, 0.25) is 5.91 Å². The maximum absolute atomic E-state index is 12.5. The van der Waals surface area contributed by atoms with Crippen LogP contribution in [0.1, 0.15) is 17.5 Å². The highest BCUT2D eigenvalue weighted by Crippen LogP contribution is 2.31. The van der Waals surface area contributed by atoms with Crippen LogP contribution in [0.15, 0.2) is 40.9 Å². The molecule has 3 rings (SSSR count). The molecule has 1 saturated heterocycles. The molecule has 2 amide bonds. The summed E-state index contributed by atoms with van der Waals surface area (Å²) >= 11 is 9.26. The van der Waals surface area contributed by atoms with Gasteiger partial charge in [0.1, 0.15) is 0 Å². The zero-order chi connectivity index (χ0) is 21.1. The van der Waals surface area contributed by atoms with Gasteiger partial charge in [-0.25, -0.2) is 0 Å². The second kappa shape index (κ2) is 8.97. The summed E-state index contributed by atoms with van der Waals surface area (Å²) < 4.78 is 5.85. The van der Waals surface area contributed by atoms with Crippen LogP contribution < -0.4 is 10.2 Å². The molecule has 0 bridgehead atoms. The fraction of sp³-hybridized carbons (Fsp3) is 0.286. The summed E-state index contributed by atoms with van der Waals surface area (Å²) in [6.07, 6.45) is 0.0660. The topological polar surface area (TPSA) is 75.7 Å². The molecule has 0 saturated carbocycles. The highest BCUT2D eigenvalue weighted by Gasteiger charge is 2.37. The van der Waals surface area contributed by atoms with Gasteiger partial charge in [0.05, 0.1) is 10.9 Å². The van der Waals surface area contributed by atoms with Gasteiger partial charge in [-0.3, -0.25) is 14.4 Å². The molecule has 1 aliphatic heterocycles. The Morgan fingerprint density at radius 3 is 2.59 bits per heavy atom. The summed E-state index contributed by atoms with van der Waals surface area (Å²) in [7, 11) is 0. The van der Waals surface area contributed by atoms with E-state index >= 15 is 0 Å². The van der Waals surface area contributed by atoms with Crippen molar-refractivity contribution in [2.45, 2.75) is 20.3 Å². The van der Waals surface area contributed by atoms with Gasteiger partial charge >= 0.3 is 5.97 Å². The number of anilines is 2. The third-order valence-electron chi connectivity index (χ3n) is 4.72. The number of carbonyl (C=O) groups excluding carboxylic acids is 3. The molecule has 0 aromatic heterocycles. The molecule has 8 heteroatoms. The van der Waals surface area contributed by atoms with Crippen LogP contribution in [0.25, 0.3) is 0 Å². The summed E-state index contributed by atoms with van der Waals surface area (Å²) in [6.45, 7) is 3.67. The van der Waals surface area contributed by atoms with Crippen molar-refractivity contribution in [2.75, 3.05) is 23.4 Å². The van der Waals surface area contributed by atoms with Gasteiger partial charge in [0, 0.05) is 28.8 Å². The number of ether oxygens (including phenoxy) is 1. The fourth-order valence-electron chi connectivity index (χ4n) is 3.34. The summed E-state index contributed by atoms with van der Waals surface area (Å²) in [5.74, 6) is -1.77. The van der Waals surface area contributed by atoms with Crippen molar-refractivity contribution in [1.82, 2.24) is 0 Å². The number of nitrogens with zero attached hydrogens (tertiary/aromatic N) is 1. The molecule has 2 aromatic rings. The molecule has 0 unspecified atom stereocenters. The number of halogens is 2. The Balaban J connectivity index is 1.56. The molecule has 0 aliphatic carbocycles. The number of esters is 1. The maximum Gasteiger partial charge on any atom is 0.311 e. The van der Waals surface area contributed by atoms with E-state index in [1.54, 1.807) is 23.1 Å². The predicted octanol–water partition coefficient (Wildman–Crippen LogP) is 4.25. The summed E-state index contributed by atoms with van der Waals surface area (Å²) in [6, 6.07) is 10.8. The van der Waals surface area contributed by atoms with Crippen LogP contribution in [0, 0.1) is 19.8 Å². The lowest BCUT2D eigenvalue weighted by atomic mass is 10.1. The van der Waals surface area contributed by atoms with Gasteiger partial charge in [-0.05, 0) is 59.1 Å². The Morgan fingerprint density at radius 1 is 1.24 bits per heavy atom. The molecule has 152 valence electrons. The van der Waals surface area contributed by atoms with Gasteiger partial charge in [-0.1, -0.05) is 29.8 Å². The van der Waals surface area contributed by atoms with Crippen molar-refractivity contribution in [3.05, 3.63) is 57.0 Å².